The zero-order valence-corrected chi connectivity index (χ0v) is 16.5. The quantitative estimate of drug-likeness (QED) is 0.717. The third kappa shape index (κ3) is 5.37. The molecule has 2 aromatic carbocycles. The van der Waals surface area contributed by atoms with Gasteiger partial charge in [-0.1, -0.05) is 12.1 Å². The van der Waals surface area contributed by atoms with Crippen molar-refractivity contribution in [1.29, 1.82) is 0 Å². The van der Waals surface area contributed by atoms with Gasteiger partial charge in [-0.3, -0.25) is 4.72 Å². The predicted octanol–water partition coefficient (Wildman–Crippen LogP) is 3.76. The maximum atomic E-state index is 12.6. The van der Waals surface area contributed by atoms with E-state index >= 15 is 0 Å². The molecule has 0 unspecified atom stereocenters. The van der Waals surface area contributed by atoms with E-state index in [0.29, 0.717) is 36.8 Å². The fraction of sp³-hybridized carbons (Fsp3) is 0.316. The van der Waals surface area contributed by atoms with Crippen molar-refractivity contribution in [2.75, 3.05) is 29.7 Å². The highest BCUT2D eigenvalue weighted by Gasteiger charge is 2.17. The fourth-order valence-electron chi connectivity index (χ4n) is 2.47. The molecule has 0 radical (unpaired) electrons. The fourth-order valence-corrected chi connectivity index (χ4v) is 3.54. The molecule has 0 aliphatic rings. The van der Waals surface area contributed by atoms with Gasteiger partial charge in [0, 0.05) is 18.8 Å². The summed E-state index contributed by atoms with van der Waals surface area (Å²) in [6, 6.07) is 12.6. The van der Waals surface area contributed by atoms with Crippen LogP contribution in [0.1, 0.15) is 20.8 Å². The first kappa shape index (κ1) is 20.6. The highest BCUT2D eigenvalue weighted by atomic mass is 32.2. The van der Waals surface area contributed by atoms with Crippen LogP contribution in [0, 0.1) is 0 Å². The molecule has 2 aromatic rings. The van der Waals surface area contributed by atoms with Crippen LogP contribution in [0.3, 0.4) is 0 Å². The van der Waals surface area contributed by atoms with Crippen LogP contribution < -0.4 is 14.8 Å². The predicted molar refractivity (Wildman–Crippen MR) is 107 cm³/mol. The molecule has 2 amide bonds. The molecule has 0 aliphatic heterocycles. The Bertz CT molecular complexity index is 863. The Labute approximate surface area is 160 Å². The van der Waals surface area contributed by atoms with E-state index < -0.39 is 10.0 Å². The molecule has 0 heterocycles. The topological polar surface area (TPSA) is 87.7 Å². The second kappa shape index (κ2) is 9.27. The van der Waals surface area contributed by atoms with Crippen molar-refractivity contribution in [1.82, 2.24) is 4.90 Å². The number of amides is 2. The van der Waals surface area contributed by atoms with E-state index in [2.05, 4.69) is 10.0 Å². The lowest BCUT2D eigenvalue weighted by Crippen LogP contribution is -2.34. The van der Waals surface area contributed by atoms with Crippen LogP contribution in [-0.4, -0.2) is 39.0 Å². The van der Waals surface area contributed by atoms with Crippen molar-refractivity contribution >= 4 is 27.4 Å². The maximum absolute atomic E-state index is 12.6. The standard InChI is InChI=1S/C19H25N3O4S/c1-4-22(5-2)19(23)20-15-11-13-16(14-12-15)27(24,25)21-17-9-7-8-10-18(17)26-6-3/h7-14,21H,4-6H2,1-3H3,(H,20,23). The second-order valence-corrected chi connectivity index (χ2v) is 7.34. The number of sulfonamides is 1. The van der Waals surface area contributed by atoms with E-state index in [9.17, 15) is 13.2 Å². The summed E-state index contributed by atoms with van der Waals surface area (Å²) in [5, 5.41) is 2.75. The third-order valence-corrected chi connectivity index (χ3v) is 5.28. The van der Waals surface area contributed by atoms with Crippen LogP contribution in [0.15, 0.2) is 53.4 Å². The van der Waals surface area contributed by atoms with Gasteiger partial charge in [0.1, 0.15) is 5.75 Å². The Morgan fingerprint density at radius 2 is 1.63 bits per heavy atom. The van der Waals surface area contributed by atoms with Gasteiger partial charge in [0.15, 0.2) is 0 Å². The first-order chi connectivity index (χ1) is 12.9. The number of nitrogens with one attached hydrogen (secondary N) is 2. The minimum atomic E-state index is -3.78. The van der Waals surface area contributed by atoms with Gasteiger partial charge in [0.25, 0.3) is 10.0 Å². The SMILES string of the molecule is CCOc1ccccc1NS(=O)(=O)c1ccc(NC(=O)N(CC)CC)cc1. The molecule has 0 fully saturated rings. The Hall–Kier alpha value is -2.74. The number of rotatable bonds is 8. The first-order valence-electron chi connectivity index (χ1n) is 8.81. The van der Waals surface area contributed by atoms with Crippen molar-refractivity contribution in [3.63, 3.8) is 0 Å². The van der Waals surface area contributed by atoms with Gasteiger partial charge >= 0.3 is 6.03 Å². The van der Waals surface area contributed by atoms with Crippen molar-refractivity contribution in [2.24, 2.45) is 0 Å². The summed E-state index contributed by atoms with van der Waals surface area (Å²) >= 11 is 0. The number of urea groups is 1. The third-order valence-electron chi connectivity index (χ3n) is 3.90. The molecule has 27 heavy (non-hydrogen) atoms. The van der Waals surface area contributed by atoms with Gasteiger partial charge in [0.05, 0.1) is 17.2 Å². The monoisotopic (exact) mass is 391 g/mol. The summed E-state index contributed by atoms with van der Waals surface area (Å²) in [5.41, 5.74) is 0.902. The largest absolute Gasteiger partial charge is 0.492 e. The minimum absolute atomic E-state index is 0.0923. The number of ether oxygens (including phenoxy) is 1. The van der Waals surface area contributed by atoms with E-state index in [1.165, 1.54) is 12.1 Å². The van der Waals surface area contributed by atoms with E-state index in [0.717, 1.165) is 0 Å². The van der Waals surface area contributed by atoms with Gasteiger partial charge in [-0.25, -0.2) is 13.2 Å². The zero-order chi connectivity index (χ0) is 19.9. The number of carbonyl (C=O) groups excluding carboxylic acids is 1. The highest BCUT2D eigenvalue weighted by Crippen LogP contribution is 2.27. The molecule has 0 aromatic heterocycles. The molecule has 0 saturated heterocycles. The minimum Gasteiger partial charge on any atom is -0.492 e. The summed E-state index contributed by atoms with van der Waals surface area (Å²) < 4.78 is 33.2. The van der Waals surface area contributed by atoms with Crippen LogP contribution in [0.2, 0.25) is 0 Å². The molecule has 0 atom stereocenters. The van der Waals surface area contributed by atoms with Crippen LogP contribution in [0.25, 0.3) is 0 Å². The Kier molecular flexibility index (Phi) is 7.06. The summed E-state index contributed by atoms with van der Waals surface area (Å²) in [6.45, 7) is 7.24. The normalized spacial score (nSPS) is 10.9. The van der Waals surface area contributed by atoms with Crippen LogP contribution in [0.5, 0.6) is 5.75 Å². The summed E-state index contributed by atoms with van der Waals surface area (Å²) in [5.74, 6) is 0.465. The molecule has 8 heteroatoms. The van der Waals surface area contributed by atoms with Crippen LogP contribution >= 0.6 is 0 Å². The molecule has 0 spiro atoms. The van der Waals surface area contributed by atoms with Gasteiger partial charge in [-0.05, 0) is 57.2 Å². The summed E-state index contributed by atoms with van der Waals surface area (Å²) in [6.07, 6.45) is 0. The summed E-state index contributed by atoms with van der Waals surface area (Å²) in [7, 11) is -3.78. The van der Waals surface area contributed by atoms with Gasteiger partial charge in [-0.15, -0.1) is 0 Å². The Morgan fingerprint density at radius 1 is 1.00 bits per heavy atom. The number of carbonyl (C=O) groups is 1. The van der Waals surface area contributed by atoms with Crippen molar-refractivity contribution in [3.8, 4) is 5.75 Å². The lowest BCUT2D eigenvalue weighted by molar-refractivity contribution is 0.217. The van der Waals surface area contributed by atoms with E-state index in [1.807, 2.05) is 20.8 Å². The molecule has 0 aliphatic carbocycles. The van der Waals surface area contributed by atoms with Crippen molar-refractivity contribution < 1.29 is 17.9 Å². The van der Waals surface area contributed by atoms with E-state index in [-0.39, 0.29) is 10.9 Å². The average Bonchev–Trinajstić information content (AvgIpc) is 2.65. The number of anilines is 2. The molecule has 7 nitrogen and oxygen atoms in total. The van der Waals surface area contributed by atoms with Crippen molar-refractivity contribution in [3.05, 3.63) is 48.5 Å². The smallest absolute Gasteiger partial charge is 0.321 e. The Morgan fingerprint density at radius 3 is 2.22 bits per heavy atom. The number of para-hydroxylation sites is 2. The number of benzene rings is 2. The second-order valence-electron chi connectivity index (χ2n) is 5.66. The molecule has 0 bridgehead atoms. The van der Waals surface area contributed by atoms with Gasteiger partial charge < -0.3 is 15.0 Å². The Balaban J connectivity index is 2.15. The number of nitrogens with zero attached hydrogens (tertiary/aromatic N) is 1. The first-order valence-corrected chi connectivity index (χ1v) is 10.3. The lowest BCUT2D eigenvalue weighted by Gasteiger charge is -2.19. The molecule has 146 valence electrons. The van der Waals surface area contributed by atoms with Gasteiger partial charge in [0.2, 0.25) is 0 Å². The number of hydrogen-bond donors (Lipinski definition) is 2. The maximum Gasteiger partial charge on any atom is 0.321 e. The van der Waals surface area contributed by atoms with E-state index in [4.69, 9.17) is 4.74 Å². The average molecular weight is 391 g/mol. The molecular formula is C19H25N3O4S. The lowest BCUT2D eigenvalue weighted by atomic mass is 10.3. The highest BCUT2D eigenvalue weighted by molar-refractivity contribution is 7.92. The van der Waals surface area contributed by atoms with Gasteiger partial charge in [-0.2, -0.15) is 0 Å². The van der Waals surface area contributed by atoms with Crippen LogP contribution in [0.4, 0.5) is 16.2 Å². The van der Waals surface area contributed by atoms with Crippen LogP contribution in [-0.2, 0) is 10.0 Å². The molecule has 2 N–H and O–H groups in total. The van der Waals surface area contributed by atoms with Crippen molar-refractivity contribution in [2.45, 2.75) is 25.7 Å². The molecular weight excluding hydrogens is 366 g/mol. The summed E-state index contributed by atoms with van der Waals surface area (Å²) in [4.78, 5) is 13.8. The zero-order valence-electron chi connectivity index (χ0n) is 15.7. The molecule has 0 saturated carbocycles. The van der Waals surface area contributed by atoms with E-state index in [1.54, 1.807) is 41.3 Å². The molecule has 2 rings (SSSR count). The number of hydrogen-bond acceptors (Lipinski definition) is 4.